The van der Waals surface area contributed by atoms with Crippen molar-refractivity contribution >= 4 is 22.2 Å². The molecule has 0 unspecified atom stereocenters. The van der Waals surface area contributed by atoms with Crippen molar-refractivity contribution in [2.75, 3.05) is 27.1 Å². The summed E-state index contributed by atoms with van der Waals surface area (Å²) >= 11 is 3.31. The minimum Gasteiger partial charge on any atom is -0.466 e. The second-order valence-electron chi connectivity index (χ2n) is 2.94. The first-order valence-corrected chi connectivity index (χ1v) is 5.52. The molecule has 88 valence electrons. The molecular formula is C11H13BrO4. The average molecular weight is 289 g/mol. The Labute approximate surface area is 103 Å². The Hall–Kier alpha value is -0.910. The van der Waals surface area contributed by atoms with Crippen molar-refractivity contribution in [3.63, 3.8) is 0 Å². The Balaban J connectivity index is 2.49. The highest BCUT2D eigenvalue weighted by atomic mass is 79.9. The standard InChI is InChI=1S/C11H13BrO4/c1-14-5-6-15-8-16-11-9(7-13)3-2-4-10(11)12/h2-4,7H,5-6,8H2,1H3. The van der Waals surface area contributed by atoms with Gasteiger partial charge in [0.15, 0.2) is 13.1 Å². The van der Waals surface area contributed by atoms with Gasteiger partial charge in [-0.2, -0.15) is 0 Å². The predicted molar refractivity (Wildman–Crippen MR) is 62.9 cm³/mol. The number of methoxy groups -OCH3 is 1. The van der Waals surface area contributed by atoms with Crippen LogP contribution >= 0.6 is 15.9 Å². The normalized spacial score (nSPS) is 10.1. The molecule has 0 saturated carbocycles. The summed E-state index contributed by atoms with van der Waals surface area (Å²) in [7, 11) is 1.60. The maximum absolute atomic E-state index is 10.8. The third kappa shape index (κ3) is 3.92. The van der Waals surface area contributed by atoms with Crippen LogP contribution in [-0.2, 0) is 9.47 Å². The number of benzene rings is 1. The molecule has 1 aromatic rings. The molecule has 5 heteroatoms. The number of para-hydroxylation sites is 1. The first-order chi connectivity index (χ1) is 7.79. The highest BCUT2D eigenvalue weighted by molar-refractivity contribution is 9.10. The van der Waals surface area contributed by atoms with E-state index in [1.54, 1.807) is 25.3 Å². The van der Waals surface area contributed by atoms with E-state index in [9.17, 15) is 4.79 Å². The molecule has 0 aromatic heterocycles. The maximum atomic E-state index is 10.8. The van der Waals surface area contributed by atoms with Gasteiger partial charge in [-0.25, -0.2) is 0 Å². The van der Waals surface area contributed by atoms with E-state index in [1.165, 1.54) is 0 Å². The second-order valence-corrected chi connectivity index (χ2v) is 3.79. The molecule has 0 fully saturated rings. The molecule has 0 aliphatic rings. The van der Waals surface area contributed by atoms with E-state index in [4.69, 9.17) is 14.2 Å². The van der Waals surface area contributed by atoms with Gasteiger partial charge in [-0.05, 0) is 28.1 Å². The molecule has 1 aromatic carbocycles. The van der Waals surface area contributed by atoms with Crippen molar-refractivity contribution in [2.24, 2.45) is 0 Å². The van der Waals surface area contributed by atoms with E-state index in [2.05, 4.69) is 15.9 Å². The van der Waals surface area contributed by atoms with Crippen LogP contribution in [0.5, 0.6) is 5.75 Å². The highest BCUT2D eigenvalue weighted by Crippen LogP contribution is 2.27. The minimum absolute atomic E-state index is 0.0901. The molecule has 0 saturated heterocycles. The van der Waals surface area contributed by atoms with Gasteiger partial charge in [0.25, 0.3) is 0 Å². The van der Waals surface area contributed by atoms with Crippen molar-refractivity contribution in [1.82, 2.24) is 0 Å². The number of hydrogen-bond acceptors (Lipinski definition) is 4. The maximum Gasteiger partial charge on any atom is 0.189 e. The fourth-order valence-electron chi connectivity index (χ4n) is 1.07. The molecule has 0 bridgehead atoms. The van der Waals surface area contributed by atoms with Crippen molar-refractivity contribution in [2.45, 2.75) is 0 Å². The number of carbonyl (C=O) groups is 1. The summed E-state index contributed by atoms with van der Waals surface area (Å²) in [4.78, 5) is 10.8. The molecular weight excluding hydrogens is 276 g/mol. The first-order valence-electron chi connectivity index (χ1n) is 4.72. The van der Waals surface area contributed by atoms with Gasteiger partial charge in [-0.1, -0.05) is 6.07 Å². The molecule has 0 spiro atoms. The van der Waals surface area contributed by atoms with E-state index >= 15 is 0 Å². The van der Waals surface area contributed by atoms with Gasteiger partial charge in [-0.15, -0.1) is 0 Å². The number of hydrogen-bond donors (Lipinski definition) is 0. The molecule has 0 N–H and O–H groups in total. The lowest BCUT2D eigenvalue weighted by atomic mass is 10.2. The van der Waals surface area contributed by atoms with Crippen molar-refractivity contribution in [1.29, 1.82) is 0 Å². The van der Waals surface area contributed by atoms with Crippen LogP contribution in [0.3, 0.4) is 0 Å². The molecule has 0 aliphatic heterocycles. The summed E-state index contributed by atoms with van der Waals surface area (Å²) in [5.41, 5.74) is 0.490. The predicted octanol–water partition coefficient (Wildman–Crippen LogP) is 2.26. The fraction of sp³-hybridized carbons (Fsp3) is 0.364. The molecule has 1 rings (SSSR count). The largest absolute Gasteiger partial charge is 0.466 e. The lowest BCUT2D eigenvalue weighted by Gasteiger charge is -2.10. The van der Waals surface area contributed by atoms with Gasteiger partial charge in [0.1, 0.15) is 5.75 Å². The summed E-state index contributed by atoms with van der Waals surface area (Å²) < 4.78 is 16.0. The quantitative estimate of drug-likeness (QED) is 0.439. The van der Waals surface area contributed by atoms with Gasteiger partial charge >= 0.3 is 0 Å². The lowest BCUT2D eigenvalue weighted by Crippen LogP contribution is -2.08. The van der Waals surface area contributed by atoms with Crippen molar-refractivity contribution < 1.29 is 19.0 Å². The van der Waals surface area contributed by atoms with Crippen LogP contribution in [0, 0.1) is 0 Å². The van der Waals surface area contributed by atoms with Crippen LogP contribution < -0.4 is 4.74 Å². The van der Waals surface area contributed by atoms with Crippen LogP contribution in [0.1, 0.15) is 10.4 Å². The number of carbonyl (C=O) groups excluding carboxylic acids is 1. The van der Waals surface area contributed by atoms with Crippen LogP contribution in [-0.4, -0.2) is 33.4 Å². The summed E-state index contributed by atoms with van der Waals surface area (Å²) in [5, 5.41) is 0. The summed E-state index contributed by atoms with van der Waals surface area (Å²) in [6, 6.07) is 5.26. The molecule has 0 heterocycles. The van der Waals surface area contributed by atoms with Crippen LogP contribution in [0.25, 0.3) is 0 Å². The third-order valence-corrected chi connectivity index (χ3v) is 2.47. The van der Waals surface area contributed by atoms with E-state index in [1.807, 2.05) is 0 Å². The Bertz CT molecular complexity index is 341. The van der Waals surface area contributed by atoms with E-state index in [-0.39, 0.29) is 6.79 Å². The number of aldehydes is 1. The van der Waals surface area contributed by atoms with Crippen molar-refractivity contribution in [3.05, 3.63) is 28.2 Å². The van der Waals surface area contributed by atoms with Gasteiger partial charge in [0, 0.05) is 7.11 Å². The summed E-state index contributed by atoms with van der Waals surface area (Å²) in [6.45, 7) is 1.06. The molecule has 16 heavy (non-hydrogen) atoms. The summed E-state index contributed by atoms with van der Waals surface area (Å²) in [6.07, 6.45) is 0.745. The van der Waals surface area contributed by atoms with Crippen LogP contribution in [0.2, 0.25) is 0 Å². The second kappa shape index (κ2) is 7.38. The minimum atomic E-state index is 0.0901. The fourth-order valence-corrected chi connectivity index (χ4v) is 1.57. The molecule has 0 radical (unpaired) electrons. The molecule has 0 atom stereocenters. The number of halogens is 1. The van der Waals surface area contributed by atoms with Gasteiger partial charge in [0.2, 0.25) is 0 Å². The van der Waals surface area contributed by atoms with Crippen molar-refractivity contribution in [3.8, 4) is 5.75 Å². The number of rotatable bonds is 7. The zero-order chi connectivity index (χ0) is 11.8. The Kier molecular flexibility index (Phi) is 6.07. The third-order valence-electron chi connectivity index (χ3n) is 1.84. The highest BCUT2D eigenvalue weighted by Gasteiger charge is 2.06. The molecule has 0 aliphatic carbocycles. The topological polar surface area (TPSA) is 44.8 Å². The van der Waals surface area contributed by atoms with Gasteiger partial charge in [-0.3, -0.25) is 4.79 Å². The summed E-state index contributed by atoms with van der Waals surface area (Å²) in [5.74, 6) is 0.495. The van der Waals surface area contributed by atoms with Gasteiger partial charge < -0.3 is 14.2 Å². The number of ether oxygens (including phenoxy) is 3. The monoisotopic (exact) mass is 288 g/mol. The molecule has 4 nitrogen and oxygen atoms in total. The van der Waals surface area contributed by atoms with Gasteiger partial charge in [0.05, 0.1) is 23.2 Å². The van der Waals surface area contributed by atoms with E-state index < -0.39 is 0 Å². The van der Waals surface area contributed by atoms with Crippen LogP contribution in [0.15, 0.2) is 22.7 Å². The zero-order valence-electron chi connectivity index (χ0n) is 8.94. The Morgan fingerprint density at radius 2 is 2.19 bits per heavy atom. The van der Waals surface area contributed by atoms with E-state index in [0.29, 0.717) is 24.5 Å². The smallest absolute Gasteiger partial charge is 0.189 e. The average Bonchev–Trinajstić information content (AvgIpc) is 2.30. The zero-order valence-corrected chi connectivity index (χ0v) is 10.5. The van der Waals surface area contributed by atoms with Crippen LogP contribution in [0.4, 0.5) is 0 Å². The first kappa shape index (κ1) is 13.2. The van der Waals surface area contributed by atoms with E-state index in [0.717, 1.165) is 10.8 Å². The molecule has 0 amide bonds. The Morgan fingerprint density at radius 1 is 1.38 bits per heavy atom. The SMILES string of the molecule is COCCOCOc1c(Br)cccc1C=O. The Morgan fingerprint density at radius 3 is 2.88 bits per heavy atom. The lowest BCUT2D eigenvalue weighted by molar-refractivity contribution is -0.00899.